The second kappa shape index (κ2) is 9.07. The lowest BCUT2D eigenvalue weighted by atomic mass is 9.94. The number of aliphatic hydroxyl groups excluding tert-OH is 1. The minimum Gasteiger partial charge on any atom is -0.503 e. The molecule has 166 valence electrons. The van der Waals surface area contributed by atoms with Crippen molar-refractivity contribution in [3.8, 4) is 11.5 Å². The third kappa shape index (κ3) is 4.28. The Morgan fingerprint density at radius 1 is 1.26 bits per heavy atom. The molecule has 1 amide bonds. The molecule has 0 spiro atoms. The van der Waals surface area contributed by atoms with Crippen molar-refractivity contribution in [2.24, 2.45) is 0 Å². The molecule has 3 rings (SSSR count). The highest BCUT2D eigenvalue weighted by Crippen LogP contribution is 2.44. The Hall–Kier alpha value is -2.91. The topological polar surface area (TPSA) is 92.2 Å². The first-order valence-corrected chi connectivity index (χ1v) is 10.6. The fourth-order valence-electron chi connectivity index (χ4n) is 3.66. The molecule has 2 heterocycles. The number of carbonyl (C=O) groups is 2. The molecule has 0 saturated heterocycles. The van der Waals surface area contributed by atoms with Gasteiger partial charge in [-0.1, -0.05) is 0 Å². The van der Waals surface area contributed by atoms with Crippen LogP contribution in [0.5, 0.6) is 11.5 Å². The lowest BCUT2D eigenvalue weighted by Gasteiger charge is -2.29. The van der Waals surface area contributed by atoms with Crippen molar-refractivity contribution in [2.45, 2.75) is 19.9 Å². The minimum atomic E-state index is -0.813. The van der Waals surface area contributed by atoms with E-state index in [1.807, 2.05) is 25.9 Å². The summed E-state index contributed by atoms with van der Waals surface area (Å²) in [4.78, 5) is 34.8. The summed E-state index contributed by atoms with van der Waals surface area (Å²) in [6, 6.07) is 4.38. The standard InChI is InChI=1S/C22H27N3O5S/c1-12-21(31-13(2)23-12)19(26)17-18(15-11-14(29-5)7-8-16(15)30-6)25(10-9-24(3)4)22(28)20(17)27/h7-8,11,18,27H,9-10H2,1-6H3/t18-/m0/s1. The molecule has 2 aromatic rings. The maximum atomic E-state index is 13.5. The molecule has 0 aliphatic carbocycles. The number of amides is 1. The van der Waals surface area contributed by atoms with Crippen molar-refractivity contribution in [3.63, 3.8) is 0 Å². The van der Waals surface area contributed by atoms with Gasteiger partial charge in [-0.2, -0.15) is 0 Å². The molecule has 1 atom stereocenters. The van der Waals surface area contributed by atoms with Gasteiger partial charge in [-0.05, 0) is 46.1 Å². The van der Waals surface area contributed by atoms with Gasteiger partial charge in [0.2, 0.25) is 5.78 Å². The second-order valence-electron chi connectivity index (χ2n) is 7.55. The third-order valence-electron chi connectivity index (χ3n) is 5.18. The van der Waals surface area contributed by atoms with Crippen molar-refractivity contribution in [3.05, 3.63) is 50.7 Å². The highest BCUT2D eigenvalue weighted by molar-refractivity contribution is 7.14. The Labute approximate surface area is 185 Å². The zero-order valence-electron chi connectivity index (χ0n) is 18.6. The summed E-state index contributed by atoms with van der Waals surface area (Å²) in [5, 5.41) is 11.6. The Morgan fingerprint density at radius 2 is 1.97 bits per heavy atom. The molecule has 1 aliphatic heterocycles. The van der Waals surface area contributed by atoms with E-state index in [0.717, 1.165) is 5.01 Å². The molecular weight excluding hydrogens is 418 g/mol. The molecule has 0 unspecified atom stereocenters. The van der Waals surface area contributed by atoms with Crippen molar-refractivity contribution in [1.29, 1.82) is 0 Å². The van der Waals surface area contributed by atoms with Crippen LogP contribution in [0, 0.1) is 13.8 Å². The predicted molar refractivity (Wildman–Crippen MR) is 118 cm³/mol. The first-order chi connectivity index (χ1) is 14.7. The second-order valence-corrected chi connectivity index (χ2v) is 8.75. The molecule has 0 bridgehead atoms. The van der Waals surface area contributed by atoms with Crippen LogP contribution in [0.15, 0.2) is 29.5 Å². The number of hydrogen-bond donors (Lipinski definition) is 1. The van der Waals surface area contributed by atoms with E-state index in [9.17, 15) is 14.7 Å². The number of Topliss-reactive ketones (excluding diaryl/α,β-unsaturated/α-hetero) is 1. The summed E-state index contributed by atoms with van der Waals surface area (Å²) in [5.41, 5.74) is 1.17. The summed E-state index contributed by atoms with van der Waals surface area (Å²) in [6.45, 7) is 4.44. The van der Waals surface area contributed by atoms with Gasteiger partial charge < -0.3 is 24.4 Å². The average Bonchev–Trinajstić information content (AvgIpc) is 3.20. The number of methoxy groups -OCH3 is 2. The van der Waals surface area contributed by atoms with E-state index in [0.29, 0.717) is 40.7 Å². The SMILES string of the molecule is COc1ccc(OC)c([C@H]2C(C(=O)c3sc(C)nc3C)=C(O)C(=O)N2CCN(C)C)c1. The van der Waals surface area contributed by atoms with Crippen LogP contribution in [0.3, 0.4) is 0 Å². The lowest BCUT2D eigenvalue weighted by Crippen LogP contribution is -2.36. The highest BCUT2D eigenvalue weighted by atomic mass is 32.1. The largest absolute Gasteiger partial charge is 0.503 e. The number of hydrogen-bond acceptors (Lipinski definition) is 8. The van der Waals surface area contributed by atoms with Gasteiger partial charge >= 0.3 is 0 Å². The van der Waals surface area contributed by atoms with Crippen molar-refractivity contribution < 1.29 is 24.2 Å². The van der Waals surface area contributed by atoms with Gasteiger partial charge in [-0.15, -0.1) is 11.3 Å². The smallest absolute Gasteiger partial charge is 0.290 e. The van der Waals surface area contributed by atoms with E-state index in [-0.39, 0.29) is 5.57 Å². The molecule has 1 N–H and O–H groups in total. The van der Waals surface area contributed by atoms with Gasteiger partial charge in [0.25, 0.3) is 5.91 Å². The number of nitrogens with zero attached hydrogens (tertiary/aromatic N) is 3. The van der Waals surface area contributed by atoms with Crippen LogP contribution >= 0.6 is 11.3 Å². The number of rotatable bonds is 8. The number of ketones is 1. The third-order valence-corrected chi connectivity index (χ3v) is 6.25. The number of ether oxygens (including phenoxy) is 2. The average molecular weight is 446 g/mol. The molecule has 31 heavy (non-hydrogen) atoms. The maximum absolute atomic E-state index is 13.5. The number of aliphatic hydroxyl groups is 1. The minimum absolute atomic E-state index is 0.0297. The molecular formula is C22H27N3O5S. The Morgan fingerprint density at radius 3 is 2.52 bits per heavy atom. The summed E-state index contributed by atoms with van der Waals surface area (Å²) >= 11 is 1.25. The van der Waals surface area contributed by atoms with Crippen LogP contribution in [0.4, 0.5) is 0 Å². The molecule has 9 heteroatoms. The Balaban J connectivity index is 2.18. The van der Waals surface area contributed by atoms with Crippen molar-refractivity contribution in [1.82, 2.24) is 14.8 Å². The molecule has 1 aromatic heterocycles. The van der Waals surface area contributed by atoms with Crippen LogP contribution in [0.1, 0.15) is 32.0 Å². The summed E-state index contributed by atoms with van der Waals surface area (Å²) in [5.74, 6) is -0.483. The van der Waals surface area contributed by atoms with E-state index in [1.54, 1.807) is 25.1 Å². The normalized spacial score (nSPS) is 16.4. The van der Waals surface area contributed by atoms with Gasteiger partial charge in [-0.3, -0.25) is 9.59 Å². The number of thiazole rings is 1. The Kier molecular flexibility index (Phi) is 6.66. The summed E-state index contributed by atoms with van der Waals surface area (Å²) in [7, 11) is 6.85. The molecule has 8 nitrogen and oxygen atoms in total. The van der Waals surface area contributed by atoms with Crippen LogP contribution in [-0.2, 0) is 4.79 Å². The molecule has 0 saturated carbocycles. The van der Waals surface area contributed by atoms with Crippen LogP contribution in [-0.4, -0.2) is 73.0 Å². The molecule has 0 fully saturated rings. The quantitative estimate of drug-likeness (QED) is 0.625. The monoisotopic (exact) mass is 445 g/mol. The first kappa shape index (κ1) is 22.8. The van der Waals surface area contributed by atoms with Crippen molar-refractivity contribution in [2.75, 3.05) is 41.4 Å². The zero-order chi connectivity index (χ0) is 22.9. The van der Waals surface area contributed by atoms with Crippen molar-refractivity contribution >= 4 is 23.0 Å². The zero-order valence-corrected chi connectivity index (χ0v) is 19.4. The van der Waals surface area contributed by atoms with Crippen LogP contribution < -0.4 is 9.47 Å². The summed E-state index contributed by atoms with van der Waals surface area (Å²) < 4.78 is 10.9. The van der Waals surface area contributed by atoms with E-state index < -0.39 is 23.5 Å². The number of aryl methyl sites for hydroxylation is 2. The van der Waals surface area contributed by atoms with Gasteiger partial charge in [0.15, 0.2) is 5.76 Å². The highest BCUT2D eigenvalue weighted by Gasteiger charge is 2.45. The maximum Gasteiger partial charge on any atom is 0.290 e. The van der Waals surface area contributed by atoms with E-state index in [2.05, 4.69) is 4.98 Å². The van der Waals surface area contributed by atoms with E-state index in [4.69, 9.17) is 9.47 Å². The number of benzene rings is 1. The molecule has 1 aliphatic rings. The van der Waals surface area contributed by atoms with Crippen LogP contribution in [0.25, 0.3) is 0 Å². The Bertz CT molecular complexity index is 1040. The van der Waals surface area contributed by atoms with Gasteiger partial charge in [0.05, 0.1) is 41.4 Å². The summed E-state index contributed by atoms with van der Waals surface area (Å²) in [6.07, 6.45) is 0. The molecule has 0 radical (unpaired) electrons. The lowest BCUT2D eigenvalue weighted by molar-refractivity contribution is -0.129. The van der Waals surface area contributed by atoms with Gasteiger partial charge in [0.1, 0.15) is 11.5 Å². The number of aromatic nitrogens is 1. The van der Waals surface area contributed by atoms with E-state index in [1.165, 1.54) is 30.5 Å². The van der Waals surface area contributed by atoms with Crippen LogP contribution in [0.2, 0.25) is 0 Å². The molecule has 1 aromatic carbocycles. The fraction of sp³-hybridized carbons (Fsp3) is 0.409. The number of carbonyl (C=O) groups excluding carboxylic acids is 2. The van der Waals surface area contributed by atoms with Gasteiger partial charge in [0, 0.05) is 18.7 Å². The first-order valence-electron chi connectivity index (χ1n) is 9.79. The number of likely N-dealkylation sites (N-methyl/N-ethyl adjacent to an activating group) is 1. The predicted octanol–water partition coefficient (Wildman–Crippen LogP) is 2.92. The van der Waals surface area contributed by atoms with Gasteiger partial charge in [-0.25, -0.2) is 4.98 Å². The fourth-order valence-corrected chi connectivity index (χ4v) is 4.54. The van der Waals surface area contributed by atoms with E-state index >= 15 is 0 Å².